The number of amides is 2. The largest absolute Gasteiger partial charge is 0.339 e. The molecule has 0 aliphatic carbocycles. The second kappa shape index (κ2) is 7.72. The molecule has 1 heterocycles. The summed E-state index contributed by atoms with van der Waals surface area (Å²) in [6, 6.07) is 24.4. The van der Waals surface area contributed by atoms with E-state index in [4.69, 9.17) is 0 Å². The molecule has 4 rings (SSSR count). The van der Waals surface area contributed by atoms with Gasteiger partial charge in [0.2, 0.25) is 0 Å². The van der Waals surface area contributed by atoms with Crippen molar-refractivity contribution < 1.29 is 14.0 Å². The minimum absolute atomic E-state index is 0.176. The normalized spacial score (nSPS) is 13.9. The number of likely N-dealkylation sites (N-methyl/N-ethyl adjacent to an activating group) is 1. The van der Waals surface area contributed by atoms with E-state index in [0.29, 0.717) is 5.56 Å². The van der Waals surface area contributed by atoms with Gasteiger partial charge in [0.05, 0.1) is 12.1 Å². The minimum atomic E-state index is -0.398. The molecule has 3 aromatic carbocycles. The molecule has 0 N–H and O–H groups in total. The maximum absolute atomic E-state index is 13.4. The molecule has 0 spiro atoms. The van der Waals surface area contributed by atoms with Crippen LogP contribution in [0.3, 0.4) is 0 Å². The molecule has 0 aromatic heterocycles. The molecule has 0 radical (unpaired) electrons. The fourth-order valence-corrected chi connectivity index (χ4v) is 3.44. The molecule has 0 saturated heterocycles. The Morgan fingerprint density at radius 1 is 0.793 bits per heavy atom. The van der Waals surface area contributed by atoms with Gasteiger partial charge in [-0.25, -0.2) is 4.39 Å². The standard InChI is InChI=1S/C24H19FN2O2/c1-26(20-10-6-3-7-11-20)22-21(18-12-14-19(25)15-13-18)23(28)27(24(22)29)16-17-8-4-2-5-9-17/h2-15H,16H2,1H3. The number of carbonyl (C=O) groups excluding carboxylic acids is 2. The third kappa shape index (κ3) is 3.55. The second-order valence-electron chi connectivity index (χ2n) is 6.81. The Bertz CT molecular complexity index is 1080. The van der Waals surface area contributed by atoms with Crippen LogP contribution in [0.2, 0.25) is 0 Å². The van der Waals surface area contributed by atoms with Gasteiger partial charge in [-0.15, -0.1) is 0 Å². The van der Waals surface area contributed by atoms with Crippen LogP contribution >= 0.6 is 0 Å². The van der Waals surface area contributed by atoms with Gasteiger partial charge in [-0.1, -0.05) is 60.7 Å². The van der Waals surface area contributed by atoms with Gasteiger partial charge in [-0.2, -0.15) is 0 Å². The van der Waals surface area contributed by atoms with Gasteiger partial charge in [0, 0.05) is 12.7 Å². The van der Waals surface area contributed by atoms with Gasteiger partial charge < -0.3 is 4.90 Å². The highest BCUT2D eigenvalue weighted by molar-refractivity contribution is 6.36. The smallest absolute Gasteiger partial charge is 0.278 e. The number of rotatable bonds is 5. The monoisotopic (exact) mass is 386 g/mol. The van der Waals surface area contributed by atoms with Crippen molar-refractivity contribution in [3.63, 3.8) is 0 Å². The van der Waals surface area contributed by atoms with Gasteiger partial charge in [-0.05, 0) is 35.4 Å². The van der Waals surface area contributed by atoms with Crippen LogP contribution in [0, 0.1) is 5.82 Å². The predicted octanol–water partition coefficient (Wildman–Crippen LogP) is 4.24. The summed E-state index contributed by atoms with van der Waals surface area (Å²) in [6.07, 6.45) is 0. The quantitative estimate of drug-likeness (QED) is 0.616. The van der Waals surface area contributed by atoms with Crippen LogP contribution in [0.4, 0.5) is 10.1 Å². The zero-order chi connectivity index (χ0) is 20.4. The summed E-state index contributed by atoms with van der Waals surface area (Å²) in [4.78, 5) is 29.5. The molecule has 1 aliphatic heterocycles. The zero-order valence-corrected chi connectivity index (χ0v) is 15.9. The van der Waals surface area contributed by atoms with Gasteiger partial charge in [0.25, 0.3) is 11.8 Å². The average molecular weight is 386 g/mol. The van der Waals surface area contributed by atoms with Gasteiger partial charge in [-0.3, -0.25) is 14.5 Å². The molecule has 3 aromatic rings. The molecule has 1 aliphatic rings. The summed E-state index contributed by atoms with van der Waals surface area (Å²) in [7, 11) is 1.76. The van der Waals surface area contributed by atoms with E-state index in [9.17, 15) is 14.0 Å². The van der Waals surface area contributed by atoms with E-state index in [1.807, 2.05) is 60.7 Å². The topological polar surface area (TPSA) is 40.6 Å². The minimum Gasteiger partial charge on any atom is -0.339 e. The average Bonchev–Trinajstić information content (AvgIpc) is 3.00. The Morgan fingerprint density at radius 3 is 2.00 bits per heavy atom. The van der Waals surface area contributed by atoms with Gasteiger partial charge in [0.15, 0.2) is 0 Å². The number of halogens is 1. The molecular formula is C24H19FN2O2. The first kappa shape index (κ1) is 18.6. The van der Waals surface area contributed by atoms with E-state index >= 15 is 0 Å². The predicted molar refractivity (Wildman–Crippen MR) is 110 cm³/mol. The van der Waals surface area contributed by atoms with E-state index < -0.39 is 5.82 Å². The first-order chi connectivity index (χ1) is 14.1. The molecule has 0 fully saturated rings. The molecule has 5 heteroatoms. The lowest BCUT2D eigenvalue weighted by molar-refractivity contribution is -0.137. The van der Waals surface area contributed by atoms with Crippen molar-refractivity contribution in [1.29, 1.82) is 0 Å². The summed E-state index contributed by atoms with van der Waals surface area (Å²) in [6.45, 7) is 0.176. The summed E-state index contributed by atoms with van der Waals surface area (Å²) < 4.78 is 13.4. The van der Waals surface area contributed by atoms with Crippen molar-refractivity contribution in [3.05, 3.63) is 108 Å². The number of para-hydroxylation sites is 1. The summed E-state index contributed by atoms with van der Waals surface area (Å²) in [5, 5.41) is 0. The maximum atomic E-state index is 13.4. The number of carbonyl (C=O) groups is 2. The number of hydrogen-bond donors (Lipinski definition) is 0. The fourth-order valence-electron chi connectivity index (χ4n) is 3.44. The van der Waals surface area contributed by atoms with Crippen LogP contribution in [0.15, 0.2) is 90.6 Å². The Labute approximate surface area is 168 Å². The molecular weight excluding hydrogens is 367 g/mol. The lowest BCUT2D eigenvalue weighted by Gasteiger charge is -2.21. The lowest BCUT2D eigenvalue weighted by Crippen LogP contribution is -2.33. The Kier molecular flexibility index (Phi) is 4.96. The van der Waals surface area contributed by atoms with E-state index in [-0.39, 0.29) is 29.6 Å². The number of imide groups is 1. The van der Waals surface area contributed by atoms with Gasteiger partial charge >= 0.3 is 0 Å². The number of hydrogen-bond acceptors (Lipinski definition) is 3. The van der Waals surface area contributed by atoms with Crippen molar-refractivity contribution in [2.24, 2.45) is 0 Å². The fraction of sp³-hybridized carbons (Fsp3) is 0.0833. The Balaban J connectivity index is 1.79. The summed E-state index contributed by atoms with van der Waals surface area (Å²) >= 11 is 0. The molecule has 144 valence electrons. The van der Waals surface area contributed by atoms with Crippen LogP contribution in [-0.4, -0.2) is 23.8 Å². The van der Waals surface area contributed by atoms with Crippen molar-refractivity contribution in [2.45, 2.75) is 6.54 Å². The van der Waals surface area contributed by atoms with E-state index in [0.717, 1.165) is 11.3 Å². The SMILES string of the molecule is CN(C1=C(c2ccc(F)cc2)C(=O)N(Cc2ccccc2)C1=O)c1ccccc1. The van der Waals surface area contributed by atoms with Crippen LogP contribution in [0.25, 0.3) is 5.57 Å². The highest BCUT2D eigenvalue weighted by Crippen LogP contribution is 2.34. The van der Waals surface area contributed by atoms with E-state index in [2.05, 4.69) is 0 Å². The third-order valence-electron chi connectivity index (χ3n) is 4.94. The number of benzene rings is 3. The zero-order valence-electron chi connectivity index (χ0n) is 15.9. The molecule has 0 atom stereocenters. The highest BCUT2D eigenvalue weighted by atomic mass is 19.1. The lowest BCUT2D eigenvalue weighted by atomic mass is 10.0. The van der Waals surface area contributed by atoms with Crippen LogP contribution in [0.5, 0.6) is 0 Å². The highest BCUT2D eigenvalue weighted by Gasteiger charge is 2.41. The molecule has 4 nitrogen and oxygen atoms in total. The number of nitrogens with zero attached hydrogens (tertiary/aromatic N) is 2. The Hall–Kier alpha value is -3.73. The second-order valence-corrected chi connectivity index (χ2v) is 6.81. The maximum Gasteiger partial charge on any atom is 0.278 e. The summed E-state index contributed by atoms with van der Waals surface area (Å²) in [5.74, 6) is -1.15. The first-order valence-electron chi connectivity index (χ1n) is 9.25. The van der Waals surface area contributed by atoms with Crippen LogP contribution in [-0.2, 0) is 16.1 Å². The van der Waals surface area contributed by atoms with Crippen molar-refractivity contribution in [2.75, 3.05) is 11.9 Å². The Morgan fingerprint density at radius 2 is 1.38 bits per heavy atom. The summed E-state index contributed by atoms with van der Waals surface area (Å²) in [5.41, 5.74) is 2.71. The molecule has 0 unspecified atom stereocenters. The molecule has 0 bridgehead atoms. The first-order valence-corrected chi connectivity index (χ1v) is 9.25. The molecule has 2 amide bonds. The van der Waals surface area contributed by atoms with Gasteiger partial charge in [0.1, 0.15) is 11.5 Å². The van der Waals surface area contributed by atoms with Crippen molar-refractivity contribution in [3.8, 4) is 0 Å². The van der Waals surface area contributed by atoms with E-state index in [1.165, 1.54) is 29.2 Å². The third-order valence-corrected chi connectivity index (χ3v) is 4.94. The van der Waals surface area contributed by atoms with Crippen LogP contribution in [0.1, 0.15) is 11.1 Å². The number of anilines is 1. The van der Waals surface area contributed by atoms with Crippen molar-refractivity contribution >= 4 is 23.1 Å². The van der Waals surface area contributed by atoms with E-state index in [1.54, 1.807) is 11.9 Å². The van der Waals surface area contributed by atoms with Crippen molar-refractivity contribution in [1.82, 2.24) is 4.90 Å². The van der Waals surface area contributed by atoms with Crippen LogP contribution < -0.4 is 4.90 Å². The molecule has 0 saturated carbocycles. The molecule has 29 heavy (non-hydrogen) atoms.